The topological polar surface area (TPSA) is 38.3 Å². The lowest BCUT2D eigenvalue weighted by molar-refractivity contribution is -0.145. The van der Waals surface area contributed by atoms with Crippen molar-refractivity contribution in [2.45, 2.75) is 38.8 Å². The molecule has 0 spiro atoms. The number of nitrogens with one attached hydrogen (secondary N) is 1. The lowest BCUT2D eigenvalue weighted by Gasteiger charge is -2.14. The molecule has 0 aliphatic carbocycles. The Morgan fingerprint density at radius 3 is 2.71 bits per heavy atom. The van der Waals surface area contributed by atoms with E-state index in [9.17, 15) is 4.79 Å². The number of aryl methyl sites for hydroxylation is 1. The van der Waals surface area contributed by atoms with Gasteiger partial charge >= 0.3 is 5.97 Å². The second kappa shape index (κ2) is 5.32. The molecule has 0 unspecified atom stereocenters. The number of rotatable bonds is 3. The monoisotopic (exact) mass is 233 g/mol. The molecule has 3 nitrogen and oxygen atoms in total. The first kappa shape index (κ1) is 12.1. The second-order valence-electron chi connectivity index (χ2n) is 4.51. The summed E-state index contributed by atoms with van der Waals surface area (Å²) in [6.07, 6.45) is 1.85. The molecule has 1 aromatic carbocycles. The summed E-state index contributed by atoms with van der Waals surface area (Å²) in [6, 6.07) is 8.61. The van der Waals surface area contributed by atoms with E-state index in [1.165, 1.54) is 11.1 Å². The van der Waals surface area contributed by atoms with Gasteiger partial charge in [0.25, 0.3) is 0 Å². The third-order valence-electron chi connectivity index (χ3n) is 3.20. The van der Waals surface area contributed by atoms with Crippen molar-refractivity contribution in [1.82, 2.24) is 5.32 Å². The summed E-state index contributed by atoms with van der Waals surface area (Å²) in [6.45, 7) is 4.36. The van der Waals surface area contributed by atoms with E-state index in [1.54, 1.807) is 0 Å². The number of ether oxygens (including phenoxy) is 1. The van der Waals surface area contributed by atoms with Crippen LogP contribution in [0.4, 0.5) is 0 Å². The predicted octanol–water partition coefficient (Wildman–Crippen LogP) is 2.35. The Morgan fingerprint density at radius 1 is 1.35 bits per heavy atom. The molecular formula is C14H19NO2. The number of carbonyl (C=O) groups is 1. The molecule has 2 rings (SSSR count). The zero-order valence-electron chi connectivity index (χ0n) is 10.4. The largest absolute Gasteiger partial charge is 0.465 e. The van der Waals surface area contributed by atoms with Crippen LogP contribution < -0.4 is 5.32 Å². The lowest BCUT2D eigenvalue weighted by Crippen LogP contribution is -2.33. The second-order valence-corrected chi connectivity index (χ2v) is 4.51. The van der Waals surface area contributed by atoms with Crippen LogP contribution in [-0.4, -0.2) is 18.6 Å². The maximum atomic E-state index is 11.6. The first-order valence-corrected chi connectivity index (χ1v) is 6.20. The van der Waals surface area contributed by atoms with Gasteiger partial charge in [0, 0.05) is 6.04 Å². The summed E-state index contributed by atoms with van der Waals surface area (Å²) < 4.78 is 5.03. The Balaban J connectivity index is 1.98. The van der Waals surface area contributed by atoms with E-state index in [1.807, 2.05) is 6.92 Å². The fourth-order valence-corrected chi connectivity index (χ4v) is 2.23. The first-order chi connectivity index (χ1) is 8.20. The minimum absolute atomic E-state index is 0.123. The van der Waals surface area contributed by atoms with Crippen molar-refractivity contribution in [3.8, 4) is 0 Å². The van der Waals surface area contributed by atoms with Crippen LogP contribution in [-0.2, 0) is 9.53 Å². The van der Waals surface area contributed by atoms with Crippen LogP contribution in [0.5, 0.6) is 0 Å². The number of carbonyl (C=O) groups excluding carboxylic acids is 1. The lowest BCUT2D eigenvalue weighted by atomic mass is 10.0. The standard InChI is InChI=1S/C14H19NO2/c1-3-17-14(16)13-9-8-12(15-13)11-6-4-10(2)5-7-11/h4-7,12-13,15H,3,8-9H2,1-2H3/t12-,13-/m0/s1. The Kier molecular flexibility index (Phi) is 3.79. The highest BCUT2D eigenvalue weighted by molar-refractivity contribution is 5.76. The Morgan fingerprint density at radius 2 is 2.06 bits per heavy atom. The van der Waals surface area contributed by atoms with Crippen LogP contribution >= 0.6 is 0 Å². The van der Waals surface area contributed by atoms with Crippen molar-refractivity contribution in [2.24, 2.45) is 0 Å². The molecule has 1 heterocycles. The average Bonchev–Trinajstić information content (AvgIpc) is 2.80. The van der Waals surface area contributed by atoms with Gasteiger partial charge < -0.3 is 4.74 Å². The van der Waals surface area contributed by atoms with E-state index in [0.29, 0.717) is 6.61 Å². The van der Waals surface area contributed by atoms with Crippen molar-refractivity contribution in [3.63, 3.8) is 0 Å². The molecule has 0 amide bonds. The third-order valence-corrected chi connectivity index (χ3v) is 3.20. The van der Waals surface area contributed by atoms with Crippen LogP contribution in [0, 0.1) is 6.92 Å². The number of hydrogen-bond donors (Lipinski definition) is 1. The smallest absolute Gasteiger partial charge is 0.323 e. The van der Waals surface area contributed by atoms with Gasteiger partial charge in [0.2, 0.25) is 0 Å². The molecule has 1 N–H and O–H groups in total. The number of esters is 1. The molecule has 1 aromatic rings. The molecule has 1 saturated heterocycles. The Hall–Kier alpha value is -1.35. The van der Waals surface area contributed by atoms with Gasteiger partial charge in [-0.2, -0.15) is 0 Å². The highest BCUT2D eigenvalue weighted by Gasteiger charge is 2.30. The Bertz CT molecular complexity index is 386. The number of hydrogen-bond acceptors (Lipinski definition) is 3. The van der Waals surface area contributed by atoms with Gasteiger partial charge in [-0.1, -0.05) is 29.8 Å². The van der Waals surface area contributed by atoms with Crippen LogP contribution in [0.25, 0.3) is 0 Å². The summed E-state index contributed by atoms with van der Waals surface area (Å²) in [7, 11) is 0. The van der Waals surface area contributed by atoms with Gasteiger partial charge in [-0.25, -0.2) is 0 Å². The SMILES string of the molecule is CCOC(=O)[C@@H]1CC[C@@H](c2ccc(C)cc2)N1. The molecule has 2 atom stereocenters. The van der Waals surface area contributed by atoms with E-state index < -0.39 is 0 Å². The fourth-order valence-electron chi connectivity index (χ4n) is 2.23. The molecule has 0 radical (unpaired) electrons. The van der Waals surface area contributed by atoms with E-state index in [0.717, 1.165) is 12.8 Å². The molecule has 17 heavy (non-hydrogen) atoms. The fraction of sp³-hybridized carbons (Fsp3) is 0.500. The molecule has 0 saturated carbocycles. The van der Waals surface area contributed by atoms with E-state index in [4.69, 9.17) is 4.74 Å². The van der Waals surface area contributed by atoms with E-state index in [2.05, 4.69) is 36.5 Å². The summed E-state index contributed by atoms with van der Waals surface area (Å²) in [4.78, 5) is 11.6. The minimum Gasteiger partial charge on any atom is -0.465 e. The molecule has 0 aromatic heterocycles. The van der Waals surface area contributed by atoms with Crippen molar-refractivity contribution in [2.75, 3.05) is 6.61 Å². The van der Waals surface area contributed by atoms with Gasteiger partial charge in [-0.15, -0.1) is 0 Å². The highest BCUT2D eigenvalue weighted by Crippen LogP contribution is 2.27. The van der Waals surface area contributed by atoms with E-state index >= 15 is 0 Å². The van der Waals surface area contributed by atoms with Crippen LogP contribution in [0.3, 0.4) is 0 Å². The molecule has 3 heteroatoms. The normalized spacial score (nSPS) is 23.6. The maximum absolute atomic E-state index is 11.6. The van der Waals surface area contributed by atoms with Crippen molar-refractivity contribution < 1.29 is 9.53 Å². The third kappa shape index (κ3) is 2.86. The first-order valence-electron chi connectivity index (χ1n) is 6.20. The maximum Gasteiger partial charge on any atom is 0.323 e. The molecule has 1 aliphatic rings. The minimum atomic E-state index is -0.138. The van der Waals surface area contributed by atoms with Crippen molar-refractivity contribution in [3.05, 3.63) is 35.4 Å². The van der Waals surface area contributed by atoms with Crippen molar-refractivity contribution in [1.29, 1.82) is 0 Å². The van der Waals surface area contributed by atoms with Crippen molar-refractivity contribution >= 4 is 5.97 Å². The molecular weight excluding hydrogens is 214 g/mol. The van der Waals surface area contributed by atoms with Gasteiger partial charge in [0.05, 0.1) is 6.61 Å². The highest BCUT2D eigenvalue weighted by atomic mass is 16.5. The van der Waals surface area contributed by atoms with E-state index in [-0.39, 0.29) is 18.1 Å². The van der Waals surface area contributed by atoms with Crippen LogP contribution in [0.15, 0.2) is 24.3 Å². The quantitative estimate of drug-likeness (QED) is 0.814. The average molecular weight is 233 g/mol. The Labute approximate surface area is 102 Å². The summed E-state index contributed by atoms with van der Waals surface area (Å²) >= 11 is 0. The molecule has 0 bridgehead atoms. The number of benzene rings is 1. The van der Waals surface area contributed by atoms with Crippen LogP contribution in [0.2, 0.25) is 0 Å². The van der Waals surface area contributed by atoms with Crippen LogP contribution in [0.1, 0.15) is 36.9 Å². The van der Waals surface area contributed by atoms with Gasteiger partial charge in [-0.3, -0.25) is 10.1 Å². The molecule has 92 valence electrons. The van der Waals surface area contributed by atoms with Gasteiger partial charge in [0.1, 0.15) is 6.04 Å². The zero-order chi connectivity index (χ0) is 12.3. The molecule has 1 fully saturated rings. The van der Waals surface area contributed by atoms with Gasteiger partial charge in [0.15, 0.2) is 0 Å². The summed E-state index contributed by atoms with van der Waals surface area (Å²) in [5.41, 5.74) is 2.51. The summed E-state index contributed by atoms with van der Waals surface area (Å²) in [5.74, 6) is -0.123. The zero-order valence-corrected chi connectivity index (χ0v) is 10.4. The summed E-state index contributed by atoms with van der Waals surface area (Å²) in [5, 5.41) is 3.34. The predicted molar refractivity (Wildman–Crippen MR) is 66.7 cm³/mol. The molecule has 1 aliphatic heterocycles. The van der Waals surface area contributed by atoms with Gasteiger partial charge in [-0.05, 0) is 32.3 Å².